The van der Waals surface area contributed by atoms with E-state index in [1.54, 1.807) is 12.1 Å². The van der Waals surface area contributed by atoms with E-state index in [1.807, 2.05) is 24.4 Å². The summed E-state index contributed by atoms with van der Waals surface area (Å²) in [7, 11) is 2.06. The lowest BCUT2D eigenvalue weighted by Crippen LogP contribution is -1.91. The molecule has 1 aromatic heterocycles. The van der Waals surface area contributed by atoms with E-state index in [4.69, 9.17) is 23.2 Å². The quantitative estimate of drug-likeness (QED) is 0.552. The maximum Gasteiger partial charge on any atom is 0.0817 e. The molecule has 0 unspecified atom stereocenters. The minimum Gasteiger partial charge on any atom is -0.347 e. The van der Waals surface area contributed by atoms with Crippen molar-refractivity contribution in [3.05, 3.63) is 63.8 Å². The largest absolute Gasteiger partial charge is 0.347 e. The molecule has 0 aliphatic heterocycles. The van der Waals surface area contributed by atoms with Crippen LogP contribution in [0.25, 0.3) is 10.9 Å². The van der Waals surface area contributed by atoms with Crippen LogP contribution < -0.4 is 0 Å². The molecular formula is C17H14Cl2N2. The van der Waals surface area contributed by atoms with Gasteiger partial charge in [0.25, 0.3) is 0 Å². The van der Waals surface area contributed by atoms with E-state index in [0.717, 1.165) is 5.56 Å². The number of aliphatic imine (C=N–C) groups is 1. The van der Waals surface area contributed by atoms with Gasteiger partial charge in [-0.15, -0.1) is 0 Å². The SMILES string of the molecule is Cc1c(C=Nc2ccc(Cl)cc2Cl)c2ccccc2n1C. The van der Waals surface area contributed by atoms with Crippen LogP contribution in [0.5, 0.6) is 0 Å². The highest BCUT2D eigenvalue weighted by Crippen LogP contribution is 2.29. The fraction of sp³-hybridized carbons (Fsp3) is 0.118. The van der Waals surface area contributed by atoms with Crippen molar-refractivity contribution in [3.8, 4) is 0 Å². The molecule has 0 saturated heterocycles. The van der Waals surface area contributed by atoms with Gasteiger partial charge in [-0.2, -0.15) is 0 Å². The lowest BCUT2D eigenvalue weighted by molar-refractivity contribution is 0.917. The standard InChI is InChI=1S/C17H14Cl2N2/c1-11-14(13-5-3-4-6-17(13)21(11)2)10-20-16-8-7-12(18)9-15(16)19/h3-10H,1-2H3. The van der Waals surface area contributed by atoms with Gasteiger partial charge in [-0.3, -0.25) is 4.99 Å². The summed E-state index contributed by atoms with van der Waals surface area (Å²) in [4.78, 5) is 4.51. The number of nitrogens with zero attached hydrogens (tertiary/aromatic N) is 2. The number of fused-ring (bicyclic) bond motifs is 1. The van der Waals surface area contributed by atoms with Gasteiger partial charge in [-0.05, 0) is 31.2 Å². The van der Waals surface area contributed by atoms with Crippen molar-refractivity contribution in [2.24, 2.45) is 12.0 Å². The molecule has 0 aliphatic rings. The third-order valence-electron chi connectivity index (χ3n) is 3.69. The van der Waals surface area contributed by atoms with E-state index in [0.29, 0.717) is 15.7 Å². The summed E-state index contributed by atoms with van der Waals surface area (Å²) >= 11 is 12.1. The van der Waals surface area contributed by atoms with E-state index >= 15 is 0 Å². The first-order valence-electron chi connectivity index (χ1n) is 6.61. The second-order valence-corrected chi connectivity index (χ2v) is 5.77. The topological polar surface area (TPSA) is 17.3 Å². The van der Waals surface area contributed by atoms with Crippen LogP contribution in [-0.4, -0.2) is 10.8 Å². The number of rotatable bonds is 2. The van der Waals surface area contributed by atoms with Gasteiger partial charge in [0.15, 0.2) is 0 Å². The van der Waals surface area contributed by atoms with Gasteiger partial charge in [-0.1, -0.05) is 41.4 Å². The zero-order valence-electron chi connectivity index (χ0n) is 11.8. The number of aryl methyl sites for hydroxylation is 1. The first-order valence-corrected chi connectivity index (χ1v) is 7.36. The molecule has 0 atom stereocenters. The molecule has 3 rings (SSSR count). The molecule has 0 amide bonds. The third-order valence-corrected chi connectivity index (χ3v) is 4.23. The van der Waals surface area contributed by atoms with E-state index in [1.165, 1.54) is 16.6 Å². The van der Waals surface area contributed by atoms with E-state index in [9.17, 15) is 0 Å². The molecule has 0 fully saturated rings. The number of hydrogen-bond acceptors (Lipinski definition) is 1. The van der Waals surface area contributed by atoms with Crippen LogP contribution in [-0.2, 0) is 7.05 Å². The highest BCUT2D eigenvalue weighted by atomic mass is 35.5. The first-order chi connectivity index (χ1) is 10.1. The van der Waals surface area contributed by atoms with Gasteiger partial charge in [-0.25, -0.2) is 0 Å². The van der Waals surface area contributed by atoms with Crippen molar-refractivity contribution in [2.45, 2.75) is 6.92 Å². The van der Waals surface area contributed by atoms with Crippen molar-refractivity contribution in [2.75, 3.05) is 0 Å². The molecular weight excluding hydrogens is 303 g/mol. The maximum absolute atomic E-state index is 6.16. The molecule has 2 nitrogen and oxygen atoms in total. The van der Waals surface area contributed by atoms with E-state index in [-0.39, 0.29) is 0 Å². The van der Waals surface area contributed by atoms with Crippen LogP contribution in [0.4, 0.5) is 5.69 Å². The van der Waals surface area contributed by atoms with Crippen LogP contribution >= 0.6 is 23.2 Å². The van der Waals surface area contributed by atoms with Gasteiger partial charge in [0.2, 0.25) is 0 Å². The first kappa shape index (κ1) is 14.2. The summed E-state index contributed by atoms with van der Waals surface area (Å²) in [6.45, 7) is 2.09. The average molecular weight is 317 g/mol. The number of halogens is 2. The second-order valence-electron chi connectivity index (χ2n) is 4.93. The van der Waals surface area contributed by atoms with Crippen molar-refractivity contribution >= 4 is 46.0 Å². The van der Waals surface area contributed by atoms with Gasteiger partial charge in [0, 0.05) is 40.4 Å². The van der Waals surface area contributed by atoms with Crippen LogP contribution in [0, 0.1) is 6.92 Å². The van der Waals surface area contributed by atoms with Crippen LogP contribution in [0.1, 0.15) is 11.3 Å². The van der Waals surface area contributed by atoms with Crippen molar-refractivity contribution < 1.29 is 0 Å². The fourth-order valence-electron chi connectivity index (χ4n) is 2.43. The summed E-state index contributed by atoms with van der Waals surface area (Å²) in [5.74, 6) is 0. The van der Waals surface area contributed by atoms with Gasteiger partial charge in [0.1, 0.15) is 0 Å². The van der Waals surface area contributed by atoms with Gasteiger partial charge >= 0.3 is 0 Å². The average Bonchev–Trinajstić information content (AvgIpc) is 2.71. The summed E-state index contributed by atoms with van der Waals surface area (Å²) in [6.07, 6.45) is 1.87. The molecule has 0 radical (unpaired) electrons. The van der Waals surface area contributed by atoms with Crippen LogP contribution in [0.3, 0.4) is 0 Å². The van der Waals surface area contributed by atoms with E-state index < -0.39 is 0 Å². The zero-order chi connectivity index (χ0) is 15.0. The Morgan fingerprint density at radius 3 is 2.62 bits per heavy atom. The smallest absolute Gasteiger partial charge is 0.0817 e. The molecule has 0 bridgehead atoms. The Hall–Kier alpha value is -1.77. The lowest BCUT2D eigenvalue weighted by atomic mass is 10.1. The Balaban J connectivity index is 2.09. The normalized spacial score (nSPS) is 11.6. The minimum atomic E-state index is 0.552. The molecule has 0 spiro atoms. The van der Waals surface area contributed by atoms with Gasteiger partial charge < -0.3 is 4.57 Å². The summed E-state index contributed by atoms with van der Waals surface area (Å²) in [5.41, 5.74) is 4.19. The number of benzene rings is 2. The number of aromatic nitrogens is 1. The highest BCUT2D eigenvalue weighted by molar-refractivity contribution is 6.36. The zero-order valence-corrected chi connectivity index (χ0v) is 13.3. The molecule has 3 aromatic rings. The van der Waals surface area contributed by atoms with Gasteiger partial charge in [0.05, 0.1) is 10.7 Å². The lowest BCUT2D eigenvalue weighted by Gasteiger charge is -1.99. The summed E-state index contributed by atoms with van der Waals surface area (Å²) in [6, 6.07) is 13.6. The molecule has 106 valence electrons. The molecule has 1 heterocycles. The summed E-state index contributed by atoms with van der Waals surface area (Å²) < 4.78 is 2.17. The molecule has 0 aliphatic carbocycles. The fourth-order valence-corrected chi connectivity index (χ4v) is 2.89. The predicted octanol–water partition coefficient (Wildman–Crippen LogP) is 5.54. The highest BCUT2D eigenvalue weighted by Gasteiger charge is 2.09. The van der Waals surface area contributed by atoms with Crippen molar-refractivity contribution in [1.82, 2.24) is 4.57 Å². The Labute approximate surface area is 133 Å². The van der Waals surface area contributed by atoms with Crippen molar-refractivity contribution in [3.63, 3.8) is 0 Å². The predicted molar refractivity (Wildman–Crippen MR) is 91.4 cm³/mol. The number of para-hydroxylation sites is 1. The summed E-state index contributed by atoms with van der Waals surface area (Å²) in [5, 5.41) is 2.35. The Bertz CT molecular complexity index is 847. The monoisotopic (exact) mass is 316 g/mol. The molecule has 0 N–H and O–H groups in total. The molecule has 4 heteroatoms. The Kier molecular flexibility index (Phi) is 3.75. The van der Waals surface area contributed by atoms with E-state index in [2.05, 4.69) is 35.7 Å². The minimum absolute atomic E-state index is 0.552. The second kappa shape index (κ2) is 5.55. The van der Waals surface area contributed by atoms with Crippen LogP contribution in [0.15, 0.2) is 47.5 Å². The Morgan fingerprint density at radius 1 is 1.10 bits per heavy atom. The van der Waals surface area contributed by atoms with Crippen molar-refractivity contribution in [1.29, 1.82) is 0 Å². The number of hydrogen-bond donors (Lipinski definition) is 0. The van der Waals surface area contributed by atoms with Crippen LogP contribution in [0.2, 0.25) is 10.0 Å². The molecule has 21 heavy (non-hydrogen) atoms. The molecule has 2 aromatic carbocycles. The molecule has 0 saturated carbocycles. The third kappa shape index (κ3) is 2.57. The maximum atomic E-state index is 6.16. The Morgan fingerprint density at radius 2 is 1.86 bits per heavy atom.